The van der Waals surface area contributed by atoms with Crippen LogP contribution in [0.2, 0.25) is 5.02 Å². The van der Waals surface area contributed by atoms with Crippen LogP contribution >= 0.6 is 11.6 Å². The monoisotopic (exact) mass is 321 g/mol. The van der Waals surface area contributed by atoms with Gasteiger partial charge in [-0.1, -0.05) is 17.7 Å². The lowest BCUT2D eigenvalue weighted by Gasteiger charge is -2.15. The summed E-state index contributed by atoms with van der Waals surface area (Å²) < 4.78 is 1.89. The molecule has 2 aromatic rings. The van der Waals surface area contributed by atoms with Crippen LogP contribution in [0.4, 0.5) is 0 Å². The highest BCUT2D eigenvalue weighted by atomic mass is 35.5. The van der Waals surface area contributed by atoms with Crippen molar-refractivity contribution in [3.63, 3.8) is 0 Å². The van der Waals surface area contributed by atoms with Crippen LogP contribution in [0, 0.1) is 13.8 Å². The molecule has 2 N–H and O–H groups in total. The second-order valence-electron chi connectivity index (χ2n) is 5.54. The Morgan fingerprint density at radius 2 is 2.14 bits per heavy atom. The molecule has 0 aliphatic rings. The second-order valence-corrected chi connectivity index (χ2v) is 5.95. The highest BCUT2D eigenvalue weighted by Crippen LogP contribution is 2.23. The number of carbonyl (C=O) groups is 1. The van der Waals surface area contributed by atoms with E-state index in [4.69, 9.17) is 11.6 Å². The van der Waals surface area contributed by atoms with Gasteiger partial charge in [-0.3, -0.25) is 9.48 Å². The van der Waals surface area contributed by atoms with Crippen LogP contribution in [-0.4, -0.2) is 26.8 Å². The number of phenolic OH excluding ortho intramolecular Hbond substituents is 1. The van der Waals surface area contributed by atoms with Crippen molar-refractivity contribution >= 4 is 17.5 Å². The second kappa shape index (κ2) is 6.83. The number of carbonyl (C=O) groups excluding carboxylic acids is 1. The SMILES string of the molecule is Cc1cc(C)n(C[C@@H](C)NC(=O)Cc2ccc(O)c(Cl)c2)n1. The number of phenols is 1. The zero-order valence-corrected chi connectivity index (χ0v) is 13.7. The fourth-order valence-corrected chi connectivity index (χ4v) is 2.54. The van der Waals surface area contributed by atoms with Crippen molar-refractivity contribution in [1.29, 1.82) is 0 Å². The smallest absolute Gasteiger partial charge is 0.224 e. The summed E-state index contributed by atoms with van der Waals surface area (Å²) >= 11 is 5.84. The van der Waals surface area contributed by atoms with Crippen LogP contribution < -0.4 is 5.32 Å². The molecule has 0 saturated carbocycles. The molecule has 1 amide bonds. The highest BCUT2D eigenvalue weighted by molar-refractivity contribution is 6.32. The number of benzene rings is 1. The summed E-state index contributed by atoms with van der Waals surface area (Å²) in [5.74, 6) is -0.0699. The minimum atomic E-state index is -0.0872. The quantitative estimate of drug-likeness (QED) is 0.889. The molecule has 118 valence electrons. The first-order chi connectivity index (χ1) is 10.3. The topological polar surface area (TPSA) is 67.2 Å². The maximum Gasteiger partial charge on any atom is 0.224 e. The largest absolute Gasteiger partial charge is 0.506 e. The van der Waals surface area contributed by atoms with Crippen LogP contribution in [0.1, 0.15) is 23.9 Å². The predicted molar refractivity (Wildman–Crippen MR) is 86.1 cm³/mol. The zero-order chi connectivity index (χ0) is 16.3. The number of nitrogens with one attached hydrogen (secondary N) is 1. The van der Waals surface area contributed by atoms with Crippen molar-refractivity contribution in [2.75, 3.05) is 0 Å². The minimum absolute atomic E-state index is 0.0173. The average molecular weight is 322 g/mol. The number of aryl methyl sites for hydroxylation is 2. The molecule has 0 spiro atoms. The lowest BCUT2D eigenvalue weighted by Crippen LogP contribution is -2.37. The van der Waals surface area contributed by atoms with Crippen LogP contribution in [0.25, 0.3) is 0 Å². The van der Waals surface area contributed by atoms with Crippen molar-refractivity contribution < 1.29 is 9.90 Å². The van der Waals surface area contributed by atoms with Gasteiger partial charge in [0.05, 0.1) is 23.7 Å². The van der Waals surface area contributed by atoms with Gasteiger partial charge in [-0.15, -0.1) is 0 Å². The molecule has 2 rings (SSSR count). The molecule has 1 aromatic heterocycles. The van der Waals surface area contributed by atoms with Crippen LogP contribution in [-0.2, 0) is 17.8 Å². The zero-order valence-electron chi connectivity index (χ0n) is 12.9. The van der Waals surface area contributed by atoms with Gasteiger partial charge in [0.2, 0.25) is 5.91 Å². The van der Waals surface area contributed by atoms with Gasteiger partial charge >= 0.3 is 0 Å². The molecule has 5 nitrogen and oxygen atoms in total. The predicted octanol–water partition coefficient (Wildman–Crippen LogP) is 2.61. The molecule has 1 aromatic carbocycles. The molecule has 0 saturated heterocycles. The van der Waals surface area contributed by atoms with Crippen molar-refractivity contribution in [1.82, 2.24) is 15.1 Å². The summed E-state index contributed by atoms with van der Waals surface area (Å²) in [5, 5.41) is 16.9. The maximum absolute atomic E-state index is 12.1. The van der Waals surface area contributed by atoms with Gasteiger partial charge < -0.3 is 10.4 Å². The van der Waals surface area contributed by atoms with E-state index in [-0.39, 0.29) is 29.1 Å². The Bertz CT molecular complexity index is 682. The van der Waals surface area contributed by atoms with Gasteiger partial charge in [0.15, 0.2) is 0 Å². The summed E-state index contributed by atoms with van der Waals surface area (Å²) in [7, 11) is 0. The minimum Gasteiger partial charge on any atom is -0.506 e. The van der Waals surface area contributed by atoms with E-state index in [9.17, 15) is 9.90 Å². The molecular formula is C16H20ClN3O2. The van der Waals surface area contributed by atoms with Crippen LogP contribution in [0.15, 0.2) is 24.3 Å². The number of nitrogens with zero attached hydrogens (tertiary/aromatic N) is 2. The van der Waals surface area contributed by atoms with Crippen molar-refractivity contribution in [2.45, 2.75) is 39.8 Å². The number of hydrogen-bond acceptors (Lipinski definition) is 3. The third kappa shape index (κ3) is 4.24. The van der Waals surface area contributed by atoms with Gasteiger partial charge in [-0.2, -0.15) is 5.10 Å². The molecule has 22 heavy (non-hydrogen) atoms. The Morgan fingerprint density at radius 1 is 1.41 bits per heavy atom. The standard InChI is InChI=1S/C16H20ClN3O2/c1-10-6-12(3)20(19-10)9-11(2)18-16(22)8-13-4-5-15(21)14(17)7-13/h4-7,11,21H,8-9H2,1-3H3,(H,18,22)/t11-/m1/s1. The van der Waals surface area contributed by atoms with Crippen LogP contribution in [0.5, 0.6) is 5.75 Å². The number of hydrogen-bond donors (Lipinski definition) is 2. The summed E-state index contributed by atoms with van der Waals surface area (Å²) in [6.45, 7) is 6.51. The van der Waals surface area contributed by atoms with Gasteiger partial charge in [0.1, 0.15) is 5.75 Å². The summed E-state index contributed by atoms with van der Waals surface area (Å²) in [6, 6.07) is 6.75. The van der Waals surface area contributed by atoms with Crippen molar-refractivity contribution in [2.24, 2.45) is 0 Å². The Morgan fingerprint density at radius 3 is 2.73 bits per heavy atom. The third-order valence-corrected chi connectivity index (χ3v) is 3.64. The Balaban J connectivity index is 1.91. The molecule has 1 atom stereocenters. The van der Waals surface area contributed by atoms with E-state index in [1.54, 1.807) is 12.1 Å². The summed E-state index contributed by atoms with van der Waals surface area (Å²) in [5.41, 5.74) is 2.80. The number of aromatic nitrogens is 2. The van der Waals surface area contributed by atoms with Gasteiger partial charge in [-0.05, 0) is 44.5 Å². The highest BCUT2D eigenvalue weighted by Gasteiger charge is 2.11. The van der Waals surface area contributed by atoms with Crippen LogP contribution in [0.3, 0.4) is 0 Å². The summed E-state index contributed by atoms with van der Waals surface area (Å²) in [6.07, 6.45) is 0.224. The van der Waals surface area contributed by atoms with Crippen molar-refractivity contribution in [3.8, 4) is 5.75 Å². The lowest BCUT2D eigenvalue weighted by atomic mass is 10.1. The molecule has 0 aliphatic heterocycles. The number of amides is 1. The van der Waals surface area contributed by atoms with Crippen molar-refractivity contribution in [3.05, 3.63) is 46.2 Å². The van der Waals surface area contributed by atoms with E-state index in [2.05, 4.69) is 10.4 Å². The normalized spacial score (nSPS) is 12.2. The first-order valence-electron chi connectivity index (χ1n) is 7.13. The fraction of sp³-hybridized carbons (Fsp3) is 0.375. The molecule has 0 radical (unpaired) electrons. The fourth-order valence-electron chi connectivity index (χ4n) is 2.34. The molecule has 1 heterocycles. The number of halogens is 1. The molecule has 0 aliphatic carbocycles. The first-order valence-corrected chi connectivity index (χ1v) is 7.50. The van der Waals surface area contributed by atoms with E-state index in [1.165, 1.54) is 6.07 Å². The first kappa shape index (κ1) is 16.4. The molecule has 0 fully saturated rings. The summed E-state index contributed by atoms with van der Waals surface area (Å²) in [4.78, 5) is 12.1. The third-order valence-electron chi connectivity index (χ3n) is 3.33. The van der Waals surface area contributed by atoms with Gasteiger partial charge in [0.25, 0.3) is 0 Å². The molecule has 0 unspecified atom stereocenters. The molecule has 6 heteroatoms. The lowest BCUT2D eigenvalue weighted by molar-refractivity contribution is -0.121. The average Bonchev–Trinajstić information content (AvgIpc) is 2.72. The van der Waals surface area contributed by atoms with E-state index < -0.39 is 0 Å². The molecular weight excluding hydrogens is 302 g/mol. The van der Waals surface area contributed by atoms with E-state index >= 15 is 0 Å². The number of aromatic hydroxyl groups is 1. The van der Waals surface area contributed by atoms with E-state index in [0.29, 0.717) is 6.54 Å². The molecule has 0 bridgehead atoms. The Kier molecular flexibility index (Phi) is 5.08. The van der Waals surface area contributed by atoms with E-state index in [0.717, 1.165) is 17.0 Å². The van der Waals surface area contributed by atoms with Gasteiger partial charge in [0, 0.05) is 11.7 Å². The number of rotatable bonds is 5. The Labute approximate surface area is 134 Å². The van der Waals surface area contributed by atoms with Gasteiger partial charge in [-0.25, -0.2) is 0 Å². The Hall–Kier alpha value is -2.01. The maximum atomic E-state index is 12.1. The van der Waals surface area contributed by atoms with E-state index in [1.807, 2.05) is 31.5 Å².